The zero-order chi connectivity index (χ0) is 14.4. The average molecular weight is 331 g/mol. The third-order valence-corrected chi connectivity index (χ3v) is 3.46. The molecule has 4 nitrogen and oxygen atoms in total. The zero-order valence-corrected chi connectivity index (χ0v) is 13.5. The smallest absolute Gasteiger partial charge is 0.270 e. The Morgan fingerprint density at radius 1 is 1.47 bits per heavy atom. The predicted molar refractivity (Wildman–Crippen MR) is 80.4 cm³/mol. The van der Waals surface area contributed by atoms with Gasteiger partial charge in [-0.25, -0.2) is 0 Å². The molecule has 0 aliphatic rings. The summed E-state index contributed by atoms with van der Waals surface area (Å²) in [4.78, 5) is 14.3. The summed E-state index contributed by atoms with van der Waals surface area (Å²) in [6, 6.07) is 2.07. The number of aliphatic hydroxyl groups is 1. The van der Waals surface area contributed by atoms with Crippen molar-refractivity contribution in [1.29, 1.82) is 0 Å². The van der Waals surface area contributed by atoms with Crippen molar-refractivity contribution >= 4 is 21.8 Å². The van der Waals surface area contributed by atoms with Gasteiger partial charge in [0.25, 0.3) is 5.91 Å². The first-order valence-electron chi connectivity index (χ1n) is 6.78. The molecule has 5 heteroatoms. The number of aliphatic hydroxyl groups excluding tert-OH is 1. The van der Waals surface area contributed by atoms with Gasteiger partial charge in [-0.1, -0.05) is 13.3 Å². The maximum Gasteiger partial charge on any atom is 0.270 e. The van der Waals surface area contributed by atoms with Crippen molar-refractivity contribution in [2.75, 3.05) is 19.7 Å². The van der Waals surface area contributed by atoms with Crippen LogP contribution in [0.25, 0.3) is 0 Å². The number of carbonyl (C=O) groups excluding carboxylic acids is 1. The minimum absolute atomic E-state index is 0.000981. The van der Waals surface area contributed by atoms with Crippen LogP contribution in [0.4, 0.5) is 0 Å². The van der Waals surface area contributed by atoms with E-state index in [0.29, 0.717) is 18.8 Å². The number of amides is 1. The Kier molecular flexibility index (Phi) is 6.58. The lowest BCUT2D eigenvalue weighted by Gasteiger charge is -2.23. The lowest BCUT2D eigenvalue weighted by molar-refractivity contribution is 0.0707. The number of aromatic nitrogens is 1. The molecule has 0 spiro atoms. The fourth-order valence-electron chi connectivity index (χ4n) is 1.99. The van der Waals surface area contributed by atoms with E-state index in [4.69, 9.17) is 5.11 Å². The van der Waals surface area contributed by atoms with Crippen LogP contribution in [0.2, 0.25) is 0 Å². The van der Waals surface area contributed by atoms with Crippen molar-refractivity contribution in [3.05, 3.63) is 22.4 Å². The van der Waals surface area contributed by atoms with Gasteiger partial charge < -0.3 is 14.6 Å². The molecule has 1 N–H and O–H groups in total. The summed E-state index contributed by atoms with van der Waals surface area (Å²) in [5.74, 6) is -0.0121. The number of unbranched alkanes of at least 4 members (excludes halogenated alkanes) is 1. The molecule has 0 atom stereocenters. The molecule has 0 aliphatic carbocycles. The zero-order valence-electron chi connectivity index (χ0n) is 11.9. The molecule has 19 heavy (non-hydrogen) atoms. The minimum Gasteiger partial charge on any atom is -0.395 e. The van der Waals surface area contributed by atoms with E-state index in [1.807, 2.05) is 30.7 Å². The maximum absolute atomic E-state index is 12.6. The van der Waals surface area contributed by atoms with Gasteiger partial charge in [0.15, 0.2) is 0 Å². The lowest BCUT2D eigenvalue weighted by Crippen LogP contribution is -2.35. The van der Waals surface area contributed by atoms with E-state index in [0.717, 1.165) is 17.3 Å². The summed E-state index contributed by atoms with van der Waals surface area (Å²) >= 11 is 3.42. The molecule has 1 aromatic heterocycles. The van der Waals surface area contributed by atoms with Crippen LogP contribution in [0, 0.1) is 0 Å². The average Bonchev–Trinajstić information content (AvgIpc) is 2.76. The van der Waals surface area contributed by atoms with Gasteiger partial charge in [-0.2, -0.15) is 0 Å². The molecule has 0 aromatic carbocycles. The summed E-state index contributed by atoms with van der Waals surface area (Å²) in [5.41, 5.74) is 0.673. The third kappa shape index (κ3) is 4.35. The normalized spacial score (nSPS) is 11.1. The van der Waals surface area contributed by atoms with Crippen molar-refractivity contribution < 1.29 is 9.90 Å². The number of hydrogen-bond acceptors (Lipinski definition) is 2. The summed E-state index contributed by atoms with van der Waals surface area (Å²) in [5, 5.41) is 9.11. The monoisotopic (exact) mass is 330 g/mol. The second kappa shape index (κ2) is 7.70. The Labute approximate surface area is 123 Å². The van der Waals surface area contributed by atoms with E-state index >= 15 is 0 Å². The quantitative estimate of drug-likeness (QED) is 0.835. The number of rotatable bonds is 7. The number of nitrogens with zero attached hydrogens (tertiary/aromatic N) is 2. The van der Waals surface area contributed by atoms with E-state index in [9.17, 15) is 4.79 Å². The first-order chi connectivity index (χ1) is 9.01. The number of carbonyl (C=O) groups is 1. The van der Waals surface area contributed by atoms with Crippen molar-refractivity contribution in [2.24, 2.45) is 0 Å². The van der Waals surface area contributed by atoms with Gasteiger partial charge in [-0.05, 0) is 42.3 Å². The van der Waals surface area contributed by atoms with E-state index in [1.54, 1.807) is 4.90 Å². The van der Waals surface area contributed by atoms with E-state index in [2.05, 4.69) is 22.9 Å². The van der Waals surface area contributed by atoms with Gasteiger partial charge in [-0.3, -0.25) is 4.79 Å². The van der Waals surface area contributed by atoms with Crippen LogP contribution in [0.3, 0.4) is 0 Å². The Bertz CT molecular complexity index is 416. The third-order valence-electron chi connectivity index (χ3n) is 3.03. The molecule has 1 aromatic rings. The lowest BCUT2D eigenvalue weighted by atomic mass is 10.2. The molecule has 0 fully saturated rings. The summed E-state index contributed by atoms with van der Waals surface area (Å²) in [6.07, 6.45) is 3.91. The molecule has 108 valence electrons. The van der Waals surface area contributed by atoms with Crippen molar-refractivity contribution in [3.8, 4) is 0 Å². The van der Waals surface area contributed by atoms with Crippen LogP contribution >= 0.6 is 15.9 Å². The fraction of sp³-hybridized carbons (Fsp3) is 0.643. The van der Waals surface area contributed by atoms with Crippen LogP contribution in [-0.4, -0.2) is 40.2 Å². The second-order valence-corrected chi connectivity index (χ2v) is 5.83. The van der Waals surface area contributed by atoms with Crippen LogP contribution < -0.4 is 0 Å². The predicted octanol–water partition coefficient (Wildman–Crippen LogP) is 3.07. The van der Waals surface area contributed by atoms with Crippen molar-refractivity contribution in [3.63, 3.8) is 0 Å². The molecule has 1 amide bonds. The highest BCUT2D eigenvalue weighted by molar-refractivity contribution is 9.10. The highest BCUT2D eigenvalue weighted by Crippen LogP contribution is 2.21. The van der Waals surface area contributed by atoms with Gasteiger partial charge >= 0.3 is 0 Å². The Morgan fingerprint density at radius 2 is 2.16 bits per heavy atom. The highest BCUT2D eigenvalue weighted by atomic mass is 79.9. The SMILES string of the molecule is CCCCN(CCO)C(=O)c1cc(Br)cn1C(C)C. The molecule has 1 heterocycles. The maximum atomic E-state index is 12.6. The van der Waals surface area contributed by atoms with Crippen LogP contribution in [-0.2, 0) is 0 Å². The molecular formula is C14H23BrN2O2. The summed E-state index contributed by atoms with van der Waals surface area (Å²) < 4.78 is 2.87. The first kappa shape index (κ1) is 16.2. The first-order valence-corrected chi connectivity index (χ1v) is 7.58. The van der Waals surface area contributed by atoms with E-state index in [1.165, 1.54) is 0 Å². The molecule has 1 rings (SSSR count). The Balaban J connectivity index is 2.95. The number of hydrogen-bond donors (Lipinski definition) is 1. The minimum atomic E-state index is -0.0121. The summed E-state index contributed by atoms with van der Waals surface area (Å²) in [7, 11) is 0. The van der Waals surface area contributed by atoms with E-state index < -0.39 is 0 Å². The van der Waals surface area contributed by atoms with Crippen LogP contribution in [0.5, 0.6) is 0 Å². The fourth-order valence-corrected chi connectivity index (χ4v) is 2.43. The molecular weight excluding hydrogens is 308 g/mol. The number of halogens is 1. The van der Waals surface area contributed by atoms with Crippen molar-refractivity contribution in [2.45, 2.75) is 39.7 Å². The second-order valence-electron chi connectivity index (χ2n) is 4.91. The molecule has 0 bridgehead atoms. The Morgan fingerprint density at radius 3 is 2.68 bits per heavy atom. The van der Waals surface area contributed by atoms with Gasteiger partial charge in [0.2, 0.25) is 0 Å². The highest BCUT2D eigenvalue weighted by Gasteiger charge is 2.20. The van der Waals surface area contributed by atoms with Crippen LogP contribution in [0.15, 0.2) is 16.7 Å². The van der Waals surface area contributed by atoms with Gasteiger partial charge in [0.1, 0.15) is 5.69 Å². The molecule has 0 saturated heterocycles. The largest absolute Gasteiger partial charge is 0.395 e. The summed E-state index contributed by atoms with van der Waals surface area (Å²) in [6.45, 7) is 7.27. The Hall–Kier alpha value is -0.810. The molecule has 0 aliphatic heterocycles. The topological polar surface area (TPSA) is 45.5 Å². The standard InChI is InChI=1S/C14H23BrN2O2/c1-4-5-6-16(7-8-18)14(19)13-9-12(15)10-17(13)11(2)3/h9-11,18H,4-8H2,1-3H3. The van der Waals surface area contributed by atoms with Crippen LogP contribution in [0.1, 0.15) is 50.1 Å². The molecule has 0 unspecified atom stereocenters. The van der Waals surface area contributed by atoms with Gasteiger partial charge in [0.05, 0.1) is 6.61 Å². The van der Waals surface area contributed by atoms with Gasteiger partial charge in [-0.15, -0.1) is 0 Å². The molecule has 0 radical (unpaired) electrons. The molecule has 0 saturated carbocycles. The van der Waals surface area contributed by atoms with E-state index in [-0.39, 0.29) is 18.6 Å². The van der Waals surface area contributed by atoms with Gasteiger partial charge in [0, 0.05) is 29.8 Å². The van der Waals surface area contributed by atoms with Crippen molar-refractivity contribution in [1.82, 2.24) is 9.47 Å².